The van der Waals surface area contributed by atoms with Crippen LogP contribution in [0.5, 0.6) is 0 Å². The highest BCUT2D eigenvalue weighted by Crippen LogP contribution is 2.48. The van der Waals surface area contributed by atoms with E-state index in [1.165, 1.54) is 60.7 Å². The molecular formula is C15H22BrNS. The highest BCUT2D eigenvalue weighted by atomic mass is 79.9. The molecule has 0 amide bonds. The molecule has 0 aliphatic heterocycles. The number of rotatable bonds is 3. The molecule has 2 fully saturated rings. The lowest BCUT2D eigenvalue weighted by molar-refractivity contribution is 0.168. The first-order chi connectivity index (χ1) is 8.76. The lowest BCUT2D eigenvalue weighted by atomic mass is 9.71. The smallest absolute Gasteiger partial charge is 0.0302 e. The van der Waals surface area contributed by atoms with Gasteiger partial charge in [-0.25, -0.2) is 0 Å². The summed E-state index contributed by atoms with van der Waals surface area (Å²) >= 11 is 5.37. The Morgan fingerprint density at radius 3 is 2.56 bits per heavy atom. The molecule has 1 spiro atoms. The second kappa shape index (κ2) is 5.64. The fourth-order valence-corrected chi connectivity index (χ4v) is 5.15. The van der Waals surface area contributed by atoms with Crippen LogP contribution in [0.3, 0.4) is 0 Å². The lowest BCUT2D eigenvalue weighted by Crippen LogP contribution is -2.36. The van der Waals surface area contributed by atoms with Gasteiger partial charge >= 0.3 is 0 Å². The molecule has 1 aromatic rings. The summed E-state index contributed by atoms with van der Waals surface area (Å²) in [7, 11) is 0. The summed E-state index contributed by atoms with van der Waals surface area (Å²) in [6.45, 7) is 1.05. The molecule has 1 heterocycles. The van der Waals surface area contributed by atoms with Crippen molar-refractivity contribution >= 4 is 27.3 Å². The Morgan fingerprint density at radius 2 is 1.94 bits per heavy atom. The van der Waals surface area contributed by atoms with Crippen LogP contribution < -0.4 is 5.32 Å². The van der Waals surface area contributed by atoms with Gasteiger partial charge in [0.25, 0.3) is 0 Å². The lowest BCUT2D eigenvalue weighted by Gasteiger charge is -2.37. The van der Waals surface area contributed by atoms with Gasteiger partial charge < -0.3 is 5.32 Å². The molecule has 2 aliphatic carbocycles. The Morgan fingerprint density at radius 1 is 1.22 bits per heavy atom. The van der Waals surface area contributed by atoms with Gasteiger partial charge in [0.2, 0.25) is 0 Å². The Labute approximate surface area is 122 Å². The predicted octanol–water partition coefficient (Wildman–Crippen LogP) is 5.10. The van der Waals surface area contributed by atoms with Crippen molar-refractivity contribution in [1.82, 2.24) is 5.32 Å². The molecule has 0 aromatic carbocycles. The van der Waals surface area contributed by atoms with Crippen molar-refractivity contribution in [3.05, 3.63) is 20.8 Å². The van der Waals surface area contributed by atoms with E-state index in [0.717, 1.165) is 18.0 Å². The van der Waals surface area contributed by atoms with Crippen molar-refractivity contribution in [2.75, 3.05) is 0 Å². The van der Waals surface area contributed by atoms with E-state index in [2.05, 4.69) is 32.7 Å². The maximum Gasteiger partial charge on any atom is 0.0302 e. The van der Waals surface area contributed by atoms with Gasteiger partial charge in [0.15, 0.2) is 0 Å². The van der Waals surface area contributed by atoms with Gasteiger partial charge in [-0.3, -0.25) is 0 Å². The quantitative estimate of drug-likeness (QED) is 0.814. The molecule has 100 valence electrons. The van der Waals surface area contributed by atoms with E-state index in [9.17, 15) is 0 Å². The normalized spacial score (nSPS) is 23.8. The van der Waals surface area contributed by atoms with E-state index in [1.807, 2.05) is 11.3 Å². The fourth-order valence-electron chi connectivity index (χ4n) is 3.75. The number of hydrogen-bond donors (Lipinski definition) is 1. The minimum absolute atomic E-state index is 0.761. The number of nitrogens with one attached hydrogen (secondary N) is 1. The molecule has 2 aliphatic rings. The van der Waals surface area contributed by atoms with Crippen LogP contribution >= 0.6 is 27.3 Å². The molecule has 0 bridgehead atoms. The molecular weight excluding hydrogens is 306 g/mol. The first kappa shape index (κ1) is 13.1. The molecule has 1 N–H and O–H groups in total. The zero-order valence-corrected chi connectivity index (χ0v) is 13.3. The molecule has 1 aromatic heterocycles. The molecule has 0 radical (unpaired) electrons. The van der Waals surface area contributed by atoms with Crippen LogP contribution in [0, 0.1) is 5.41 Å². The molecule has 1 nitrogen and oxygen atoms in total. The van der Waals surface area contributed by atoms with Crippen molar-refractivity contribution in [2.24, 2.45) is 5.41 Å². The van der Waals surface area contributed by atoms with E-state index in [4.69, 9.17) is 0 Å². The van der Waals surface area contributed by atoms with Gasteiger partial charge in [-0.2, -0.15) is 0 Å². The van der Waals surface area contributed by atoms with Crippen molar-refractivity contribution in [1.29, 1.82) is 0 Å². The summed E-state index contributed by atoms with van der Waals surface area (Å²) in [5.74, 6) is 0. The van der Waals surface area contributed by atoms with Gasteiger partial charge in [0.1, 0.15) is 0 Å². The van der Waals surface area contributed by atoms with Crippen LogP contribution in [0.2, 0.25) is 0 Å². The molecule has 2 saturated carbocycles. The van der Waals surface area contributed by atoms with E-state index in [0.29, 0.717) is 0 Å². The van der Waals surface area contributed by atoms with Crippen molar-refractivity contribution in [2.45, 2.75) is 64.0 Å². The third kappa shape index (κ3) is 3.00. The minimum atomic E-state index is 0.761. The van der Waals surface area contributed by atoms with E-state index >= 15 is 0 Å². The van der Waals surface area contributed by atoms with Crippen LogP contribution in [0.4, 0.5) is 0 Å². The SMILES string of the molecule is Brc1csc(CNC2CCC3(CCCC3)CC2)c1. The third-order valence-corrected chi connectivity index (χ3v) is 6.59. The molecule has 0 atom stereocenters. The first-order valence-electron chi connectivity index (χ1n) is 7.22. The summed E-state index contributed by atoms with van der Waals surface area (Å²) in [5, 5.41) is 5.92. The van der Waals surface area contributed by atoms with E-state index in [-0.39, 0.29) is 0 Å². The summed E-state index contributed by atoms with van der Waals surface area (Å²) in [4.78, 5) is 1.45. The number of halogens is 1. The minimum Gasteiger partial charge on any atom is -0.309 e. The summed E-state index contributed by atoms with van der Waals surface area (Å²) in [5.41, 5.74) is 0.768. The second-order valence-corrected chi connectivity index (χ2v) is 8.00. The molecule has 0 unspecified atom stereocenters. The van der Waals surface area contributed by atoms with E-state index in [1.54, 1.807) is 0 Å². The first-order valence-corrected chi connectivity index (χ1v) is 8.89. The Balaban J connectivity index is 1.45. The van der Waals surface area contributed by atoms with Crippen molar-refractivity contribution in [3.8, 4) is 0 Å². The summed E-state index contributed by atoms with van der Waals surface area (Å²) in [6, 6.07) is 3.00. The summed E-state index contributed by atoms with van der Waals surface area (Å²) < 4.78 is 1.22. The van der Waals surface area contributed by atoms with E-state index < -0.39 is 0 Å². The van der Waals surface area contributed by atoms with Crippen molar-refractivity contribution < 1.29 is 0 Å². The van der Waals surface area contributed by atoms with Crippen LogP contribution in [-0.2, 0) is 6.54 Å². The topological polar surface area (TPSA) is 12.0 Å². The monoisotopic (exact) mass is 327 g/mol. The largest absolute Gasteiger partial charge is 0.309 e. The molecule has 3 heteroatoms. The van der Waals surface area contributed by atoms with Gasteiger partial charge in [-0.1, -0.05) is 12.8 Å². The Hall–Kier alpha value is 0.140. The Kier molecular flexibility index (Phi) is 4.12. The average Bonchev–Trinajstić information content (AvgIpc) is 2.99. The summed E-state index contributed by atoms with van der Waals surface area (Å²) in [6.07, 6.45) is 11.7. The number of thiophene rings is 1. The van der Waals surface area contributed by atoms with Crippen LogP contribution in [0.15, 0.2) is 15.9 Å². The second-order valence-electron chi connectivity index (χ2n) is 6.09. The van der Waals surface area contributed by atoms with Gasteiger partial charge in [0, 0.05) is 27.3 Å². The third-order valence-electron chi connectivity index (χ3n) is 4.90. The molecule has 18 heavy (non-hydrogen) atoms. The molecule has 0 saturated heterocycles. The fraction of sp³-hybridized carbons (Fsp3) is 0.733. The predicted molar refractivity (Wildman–Crippen MR) is 82.0 cm³/mol. The Bertz CT molecular complexity index is 385. The van der Waals surface area contributed by atoms with Crippen LogP contribution in [0.25, 0.3) is 0 Å². The molecule has 3 rings (SSSR count). The maximum atomic E-state index is 3.75. The highest BCUT2D eigenvalue weighted by Gasteiger charge is 2.37. The van der Waals surface area contributed by atoms with Crippen molar-refractivity contribution in [3.63, 3.8) is 0 Å². The average molecular weight is 328 g/mol. The zero-order valence-electron chi connectivity index (χ0n) is 10.9. The zero-order chi connectivity index (χ0) is 12.4. The van der Waals surface area contributed by atoms with Gasteiger partial charge in [-0.15, -0.1) is 11.3 Å². The van der Waals surface area contributed by atoms with Crippen LogP contribution in [-0.4, -0.2) is 6.04 Å². The van der Waals surface area contributed by atoms with Crippen LogP contribution in [0.1, 0.15) is 56.2 Å². The number of hydrogen-bond acceptors (Lipinski definition) is 2. The van der Waals surface area contributed by atoms with Gasteiger partial charge in [0.05, 0.1) is 0 Å². The highest BCUT2D eigenvalue weighted by molar-refractivity contribution is 9.10. The standard InChI is InChI=1S/C15H22BrNS/c16-12-9-14(18-11-12)10-17-13-3-7-15(8-4-13)5-1-2-6-15/h9,11,13,17H,1-8,10H2. The maximum absolute atomic E-state index is 3.75. The van der Waals surface area contributed by atoms with Gasteiger partial charge in [-0.05, 0) is 65.9 Å².